The Kier molecular flexibility index (Phi) is 5.23. The molecule has 0 aliphatic carbocycles. The second-order valence-electron chi connectivity index (χ2n) is 7.30. The van der Waals surface area contributed by atoms with Crippen molar-refractivity contribution in [3.05, 3.63) is 30.6 Å². The molecule has 1 saturated heterocycles. The van der Waals surface area contributed by atoms with Gasteiger partial charge in [-0.15, -0.1) is 10.2 Å². The van der Waals surface area contributed by atoms with Crippen LogP contribution in [0.25, 0.3) is 17.0 Å². The van der Waals surface area contributed by atoms with Crippen molar-refractivity contribution in [2.45, 2.75) is 25.6 Å². The molecule has 2 atom stereocenters. The van der Waals surface area contributed by atoms with Crippen molar-refractivity contribution < 1.29 is 14.2 Å². The third kappa shape index (κ3) is 3.57. The Bertz CT molecular complexity index is 1010. The third-order valence-corrected chi connectivity index (χ3v) is 5.54. The molecule has 0 bridgehead atoms. The van der Waals surface area contributed by atoms with Gasteiger partial charge >= 0.3 is 0 Å². The Morgan fingerprint density at radius 2 is 2.14 bits per heavy atom. The van der Waals surface area contributed by atoms with E-state index in [-0.39, 0.29) is 11.8 Å². The number of halogens is 1. The molecule has 1 aromatic carbocycles. The molecule has 1 N–H and O–H groups in total. The molecule has 29 heavy (non-hydrogen) atoms. The number of methoxy groups -OCH3 is 1. The number of rotatable bonds is 5. The van der Waals surface area contributed by atoms with E-state index in [1.165, 1.54) is 6.07 Å². The van der Waals surface area contributed by atoms with E-state index in [0.717, 1.165) is 13.1 Å². The number of hydrogen-bond donors (Lipinski definition) is 1. The molecule has 0 radical (unpaired) electrons. The number of piperidine rings is 1. The Morgan fingerprint density at radius 1 is 1.31 bits per heavy atom. The minimum Gasteiger partial charge on any atom is -0.507 e. The number of phenols is 1. The van der Waals surface area contributed by atoms with E-state index in [9.17, 15) is 9.50 Å². The zero-order valence-electron chi connectivity index (χ0n) is 16.8. The van der Waals surface area contributed by atoms with Gasteiger partial charge in [-0.05, 0) is 18.7 Å². The van der Waals surface area contributed by atoms with E-state index >= 15 is 0 Å². The molecule has 9 heteroatoms. The highest BCUT2D eigenvalue weighted by Crippen LogP contribution is 2.33. The van der Waals surface area contributed by atoms with Gasteiger partial charge in [0.25, 0.3) is 0 Å². The van der Waals surface area contributed by atoms with E-state index in [1.807, 2.05) is 18.9 Å². The van der Waals surface area contributed by atoms with Crippen molar-refractivity contribution >= 4 is 11.5 Å². The lowest BCUT2D eigenvalue weighted by Gasteiger charge is -2.39. The van der Waals surface area contributed by atoms with E-state index in [2.05, 4.69) is 20.1 Å². The monoisotopic (exact) mass is 400 g/mol. The molecule has 0 amide bonds. The van der Waals surface area contributed by atoms with Gasteiger partial charge in [-0.3, -0.25) is 9.30 Å². The zero-order valence-corrected chi connectivity index (χ0v) is 16.8. The minimum atomic E-state index is -0.865. The van der Waals surface area contributed by atoms with Gasteiger partial charge in [0.2, 0.25) is 0 Å². The molecule has 3 heterocycles. The first-order valence-corrected chi connectivity index (χ1v) is 9.68. The lowest BCUT2D eigenvalue weighted by atomic mass is 10.0. The number of ether oxygens (including phenoxy) is 1. The normalized spacial score (nSPS) is 20.1. The standard InChI is InChI=1S/C20H25FN6O2/c1-4-26-11-13(21)9-14(12-26)25(2)20-19-22-7-8-27(19)18(23-24-20)16-6-5-15(29-3)10-17(16)28/h5-8,10,13-14,28H,4,9,11-12H2,1-3H3/t13-,14?/m1/s1. The largest absolute Gasteiger partial charge is 0.507 e. The summed E-state index contributed by atoms with van der Waals surface area (Å²) in [5, 5.41) is 19.2. The lowest BCUT2D eigenvalue weighted by Crippen LogP contribution is -2.51. The maximum atomic E-state index is 14.2. The van der Waals surface area contributed by atoms with Crippen molar-refractivity contribution in [3.63, 3.8) is 0 Å². The van der Waals surface area contributed by atoms with Crippen LogP contribution in [0.5, 0.6) is 11.5 Å². The van der Waals surface area contributed by atoms with E-state index in [4.69, 9.17) is 4.74 Å². The Hall–Kier alpha value is -2.94. The fourth-order valence-corrected chi connectivity index (χ4v) is 3.88. The van der Waals surface area contributed by atoms with E-state index < -0.39 is 6.17 Å². The van der Waals surface area contributed by atoms with Crippen LogP contribution < -0.4 is 9.64 Å². The Labute approximate surface area is 168 Å². The highest BCUT2D eigenvalue weighted by Gasteiger charge is 2.31. The molecule has 3 aromatic rings. The highest BCUT2D eigenvalue weighted by molar-refractivity contribution is 5.72. The predicted molar refractivity (Wildman–Crippen MR) is 108 cm³/mol. The number of anilines is 1. The molecular weight excluding hydrogens is 375 g/mol. The van der Waals surface area contributed by atoms with Crippen molar-refractivity contribution in [1.29, 1.82) is 0 Å². The number of alkyl halides is 1. The van der Waals surface area contributed by atoms with Crippen LogP contribution in [0, 0.1) is 0 Å². The van der Waals surface area contributed by atoms with Gasteiger partial charge in [0.15, 0.2) is 17.3 Å². The molecule has 154 valence electrons. The molecule has 1 aliphatic rings. The van der Waals surface area contributed by atoms with Crippen LogP contribution in [0.4, 0.5) is 10.2 Å². The number of likely N-dealkylation sites (tertiary alicyclic amines) is 1. The second-order valence-corrected chi connectivity index (χ2v) is 7.30. The summed E-state index contributed by atoms with van der Waals surface area (Å²) >= 11 is 0. The minimum absolute atomic E-state index is 0.0197. The Balaban J connectivity index is 1.72. The number of hydrogen-bond acceptors (Lipinski definition) is 7. The van der Waals surface area contributed by atoms with Gasteiger partial charge in [0, 0.05) is 51.1 Å². The van der Waals surface area contributed by atoms with Crippen molar-refractivity contribution in [2.24, 2.45) is 0 Å². The molecule has 1 aliphatic heterocycles. The summed E-state index contributed by atoms with van der Waals surface area (Å²) in [5.74, 6) is 1.65. The zero-order chi connectivity index (χ0) is 20.5. The number of fused-ring (bicyclic) bond motifs is 1. The topological polar surface area (TPSA) is 79.0 Å². The van der Waals surface area contributed by atoms with Crippen LogP contribution in [0.1, 0.15) is 13.3 Å². The molecule has 1 fully saturated rings. The summed E-state index contributed by atoms with van der Waals surface area (Å²) in [4.78, 5) is 8.51. The maximum absolute atomic E-state index is 14.2. The van der Waals surface area contributed by atoms with Gasteiger partial charge in [-0.1, -0.05) is 6.92 Å². The molecule has 4 rings (SSSR count). The van der Waals surface area contributed by atoms with Crippen molar-refractivity contribution in [3.8, 4) is 22.9 Å². The summed E-state index contributed by atoms with van der Waals surface area (Å²) in [7, 11) is 3.44. The first-order chi connectivity index (χ1) is 14.0. The van der Waals surface area contributed by atoms with Crippen LogP contribution >= 0.6 is 0 Å². The smallest absolute Gasteiger partial charge is 0.195 e. The number of phenolic OH excluding ortho intramolecular Hbond substituents is 1. The molecule has 2 aromatic heterocycles. The van der Waals surface area contributed by atoms with Crippen LogP contribution in [0.2, 0.25) is 0 Å². The number of aromatic hydroxyl groups is 1. The van der Waals surface area contributed by atoms with Crippen LogP contribution in [-0.2, 0) is 0 Å². The first-order valence-electron chi connectivity index (χ1n) is 9.68. The van der Waals surface area contributed by atoms with Gasteiger partial charge in [-0.25, -0.2) is 9.37 Å². The predicted octanol–water partition coefficient (Wildman–Crippen LogP) is 2.37. The van der Waals surface area contributed by atoms with Crippen molar-refractivity contribution in [2.75, 3.05) is 38.7 Å². The quantitative estimate of drug-likeness (QED) is 0.704. The highest BCUT2D eigenvalue weighted by atomic mass is 19.1. The third-order valence-electron chi connectivity index (χ3n) is 5.54. The SMILES string of the molecule is CCN1CC(N(C)c2nnc(-c3ccc(OC)cc3O)n3ccnc23)C[C@@H](F)C1. The second kappa shape index (κ2) is 7.82. The summed E-state index contributed by atoms with van der Waals surface area (Å²) in [5.41, 5.74) is 1.13. The number of nitrogens with zero attached hydrogens (tertiary/aromatic N) is 6. The summed E-state index contributed by atoms with van der Waals surface area (Å²) in [6.07, 6.45) is 3.02. The van der Waals surface area contributed by atoms with Crippen LogP contribution in [0.15, 0.2) is 30.6 Å². The average molecular weight is 400 g/mol. The van der Waals surface area contributed by atoms with E-state index in [1.54, 1.807) is 36.0 Å². The lowest BCUT2D eigenvalue weighted by molar-refractivity contribution is 0.127. The number of aromatic nitrogens is 4. The fraction of sp³-hybridized carbons (Fsp3) is 0.450. The van der Waals surface area contributed by atoms with Crippen LogP contribution in [0.3, 0.4) is 0 Å². The summed E-state index contributed by atoms with van der Waals surface area (Å²) < 4.78 is 21.2. The summed E-state index contributed by atoms with van der Waals surface area (Å²) in [6, 6.07) is 4.99. The van der Waals surface area contributed by atoms with Gasteiger partial charge in [-0.2, -0.15) is 0 Å². The summed E-state index contributed by atoms with van der Waals surface area (Å²) in [6.45, 7) is 4.09. The average Bonchev–Trinajstić information content (AvgIpc) is 3.22. The first kappa shape index (κ1) is 19.4. The molecule has 8 nitrogen and oxygen atoms in total. The fourth-order valence-electron chi connectivity index (χ4n) is 3.88. The number of benzene rings is 1. The van der Waals surface area contributed by atoms with Gasteiger partial charge < -0.3 is 14.7 Å². The van der Waals surface area contributed by atoms with Crippen LogP contribution in [-0.4, -0.2) is 75.6 Å². The molecule has 0 saturated carbocycles. The van der Waals surface area contributed by atoms with Gasteiger partial charge in [0.1, 0.15) is 17.7 Å². The van der Waals surface area contributed by atoms with Gasteiger partial charge in [0.05, 0.1) is 12.7 Å². The molecular formula is C20H25FN6O2. The Morgan fingerprint density at radius 3 is 2.86 bits per heavy atom. The molecule has 1 unspecified atom stereocenters. The van der Waals surface area contributed by atoms with Crippen molar-refractivity contribution in [1.82, 2.24) is 24.5 Å². The number of imidazole rings is 1. The number of likely N-dealkylation sites (N-methyl/N-ethyl adjacent to an activating group) is 2. The maximum Gasteiger partial charge on any atom is 0.195 e. The molecule has 0 spiro atoms. The van der Waals surface area contributed by atoms with E-state index in [0.29, 0.717) is 41.6 Å².